The number of halogens is 7. The lowest BCUT2D eigenvalue weighted by Gasteiger charge is -2.19. The second-order valence-electron chi connectivity index (χ2n) is 8.82. The van der Waals surface area contributed by atoms with Crippen LogP contribution in [0.1, 0.15) is 17.5 Å². The number of sulfonamides is 1. The third kappa shape index (κ3) is 7.33. The molecule has 5 nitrogen and oxygen atoms in total. The maximum Gasteiger partial charge on any atom is 0.419 e. The van der Waals surface area contributed by atoms with Crippen molar-refractivity contribution in [3.63, 3.8) is 0 Å². The number of nitrogens with one attached hydrogen (secondary N) is 1. The Labute approximate surface area is 230 Å². The third-order valence-electron chi connectivity index (χ3n) is 5.77. The van der Waals surface area contributed by atoms with Gasteiger partial charge >= 0.3 is 12.4 Å². The summed E-state index contributed by atoms with van der Waals surface area (Å²) in [5.74, 6) is -0.498. The van der Waals surface area contributed by atoms with Gasteiger partial charge in [-0.25, -0.2) is 8.42 Å². The second-order valence-corrected chi connectivity index (χ2v) is 12.0. The number of benzene rings is 3. The first-order valence-electron chi connectivity index (χ1n) is 11.4. The molecule has 3 aromatic rings. The Morgan fingerprint density at radius 3 is 2.31 bits per heavy atom. The highest BCUT2D eigenvalue weighted by Gasteiger charge is 2.36. The SMILES string of the molecule is CN1CCC(Oc2cc(NS(=O)(=O)c3ccc(Sc4cccc(C(F)(F)F)c4)cc3Cl)ccc2C(F)(F)F)C1. The Morgan fingerprint density at radius 1 is 0.974 bits per heavy atom. The van der Waals surface area contributed by atoms with Crippen LogP contribution in [0.5, 0.6) is 5.75 Å². The molecular formula is C25H21ClF6N2O3S2. The zero-order valence-electron chi connectivity index (χ0n) is 20.1. The maximum atomic E-state index is 13.6. The number of rotatable bonds is 7. The fraction of sp³-hybridized carbons (Fsp3) is 0.280. The highest BCUT2D eigenvalue weighted by atomic mass is 35.5. The summed E-state index contributed by atoms with van der Waals surface area (Å²) in [6.07, 6.45) is -9.20. The smallest absolute Gasteiger partial charge is 0.419 e. The molecule has 210 valence electrons. The van der Waals surface area contributed by atoms with Crippen LogP contribution in [-0.4, -0.2) is 39.6 Å². The highest BCUT2D eigenvalue weighted by Crippen LogP contribution is 2.40. The van der Waals surface area contributed by atoms with E-state index in [-0.39, 0.29) is 20.5 Å². The van der Waals surface area contributed by atoms with Crippen LogP contribution in [-0.2, 0) is 22.4 Å². The quantitative estimate of drug-likeness (QED) is 0.282. The summed E-state index contributed by atoms with van der Waals surface area (Å²) in [5, 5.41) is -0.225. The van der Waals surface area contributed by atoms with Crippen molar-refractivity contribution in [3.8, 4) is 5.75 Å². The fourth-order valence-electron chi connectivity index (χ4n) is 3.93. The molecule has 0 amide bonds. The first kappa shape index (κ1) is 29.4. The van der Waals surface area contributed by atoms with E-state index in [9.17, 15) is 34.8 Å². The van der Waals surface area contributed by atoms with Gasteiger partial charge in [0.15, 0.2) is 0 Å². The summed E-state index contributed by atoms with van der Waals surface area (Å²) >= 11 is 7.15. The van der Waals surface area contributed by atoms with Crippen LogP contribution in [0.25, 0.3) is 0 Å². The molecule has 0 spiro atoms. The lowest BCUT2D eigenvalue weighted by Crippen LogP contribution is -2.23. The molecule has 0 bridgehead atoms. The molecule has 1 heterocycles. The topological polar surface area (TPSA) is 58.6 Å². The highest BCUT2D eigenvalue weighted by molar-refractivity contribution is 7.99. The number of likely N-dealkylation sites (N-methyl/N-ethyl adjacent to an activating group) is 1. The van der Waals surface area contributed by atoms with E-state index < -0.39 is 45.4 Å². The second kappa shape index (κ2) is 11.1. The average Bonchev–Trinajstić information content (AvgIpc) is 3.22. The molecular weight excluding hydrogens is 590 g/mol. The van der Waals surface area contributed by atoms with Crippen LogP contribution in [0.4, 0.5) is 32.0 Å². The first-order chi connectivity index (χ1) is 18.1. The van der Waals surface area contributed by atoms with Crippen LogP contribution in [0.3, 0.4) is 0 Å². The predicted molar refractivity (Wildman–Crippen MR) is 136 cm³/mol. The third-order valence-corrected chi connectivity index (χ3v) is 8.61. The molecule has 0 saturated carbocycles. The van der Waals surface area contributed by atoms with Crippen molar-refractivity contribution in [2.45, 2.75) is 39.6 Å². The summed E-state index contributed by atoms with van der Waals surface area (Å²) in [6.45, 7) is 1.08. The molecule has 3 aromatic carbocycles. The minimum Gasteiger partial charge on any atom is -0.488 e. The van der Waals surface area contributed by atoms with Crippen molar-refractivity contribution in [1.29, 1.82) is 0 Å². The number of anilines is 1. The number of alkyl halides is 6. The average molecular weight is 611 g/mol. The summed E-state index contributed by atoms with van der Waals surface area (Å²) in [4.78, 5) is 2.18. The molecule has 0 radical (unpaired) electrons. The van der Waals surface area contributed by atoms with E-state index in [2.05, 4.69) is 4.72 Å². The van der Waals surface area contributed by atoms with Crippen molar-refractivity contribution in [2.24, 2.45) is 0 Å². The zero-order chi connectivity index (χ0) is 28.6. The normalized spacial score (nSPS) is 16.9. The van der Waals surface area contributed by atoms with Crippen LogP contribution in [0.15, 0.2) is 75.4 Å². The van der Waals surface area contributed by atoms with Gasteiger partial charge in [0.1, 0.15) is 16.7 Å². The van der Waals surface area contributed by atoms with Gasteiger partial charge in [-0.2, -0.15) is 26.3 Å². The molecule has 1 aliphatic rings. The Morgan fingerprint density at radius 2 is 1.69 bits per heavy atom. The van der Waals surface area contributed by atoms with E-state index in [1.54, 1.807) is 0 Å². The summed E-state index contributed by atoms with van der Waals surface area (Å²) < 4.78 is 114. The molecule has 1 saturated heterocycles. The fourth-order valence-corrected chi connectivity index (χ4v) is 6.51. The molecule has 39 heavy (non-hydrogen) atoms. The predicted octanol–water partition coefficient (Wildman–Crippen LogP) is 7.41. The Bertz CT molecular complexity index is 1460. The van der Waals surface area contributed by atoms with Crippen molar-refractivity contribution in [1.82, 2.24) is 4.90 Å². The molecule has 4 rings (SSSR count). The van der Waals surface area contributed by atoms with Gasteiger partial charge in [-0.1, -0.05) is 29.4 Å². The van der Waals surface area contributed by atoms with Crippen molar-refractivity contribution < 1.29 is 39.5 Å². The molecule has 1 N–H and O–H groups in total. The number of ether oxygens (including phenoxy) is 1. The van der Waals surface area contributed by atoms with Crippen LogP contribution < -0.4 is 9.46 Å². The molecule has 1 atom stereocenters. The van der Waals surface area contributed by atoms with E-state index in [1.165, 1.54) is 24.3 Å². The Balaban J connectivity index is 1.55. The molecule has 14 heteroatoms. The van der Waals surface area contributed by atoms with Gasteiger partial charge in [-0.15, -0.1) is 0 Å². The molecule has 0 aromatic heterocycles. The van der Waals surface area contributed by atoms with Crippen molar-refractivity contribution in [2.75, 3.05) is 24.9 Å². The molecule has 1 fully saturated rings. The summed E-state index contributed by atoms with van der Waals surface area (Å²) in [7, 11) is -2.53. The number of hydrogen-bond acceptors (Lipinski definition) is 5. The van der Waals surface area contributed by atoms with Gasteiger partial charge in [-0.05, 0) is 62.0 Å². The van der Waals surface area contributed by atoms with Gasteiger partial charge in [0.05, 0.1) is 21.8 Å². The van der Waals surface area contributed by atoms with E-state index in [0.29, 0.717) is 24.4 Å². The maximum absolute atomic E-state index is 13.6. The number of likely N-dealkylation sites (tertiary alicyclic amines) is 1. The lowest BCUT2D eigenvalue weighted by atomic mass is 10.1. The van der Waals surface area contributed by atoms with Crippen LogP contribution in [0, 0.1) is 0 Å². The van der Waals surface area contributed by atoms with E-state index in [4.69, 9.17) is 16.3 Å². The molecule has 1 aliphatic heterocycles. The van der Waals surface area contributed by atoms with E-state index in [0.717, 1.165) is 48.2 Å². The van der Waals surface area contributed by atoms with Gasteiger partial charge in [0.25, 0.3) is 10.0 Å². The van der Waals surface area contributed by atoms with Crippen LogP contribution in [0.2, 0.25) is 5.02 Å². The lowest BCUT2D eigenvalue weighted by molar-refractivity contribution is -0.139. The van der Waals surface area contributed by atoms with Gasteiger partial charge in [0, 0.05) is 28.9 Å². The van der Waals surface area contributed by atoms with Crippen molar-refractivity contribution in [3.05, 3.63) is 76.8 Å². The van der Waals surface area contributed by atoms with Gasteiger partial charge in [0.2, 0.25) is 0 Å². The Kier molecular flexibility index (Phi) is 8.36. The van der Waals surface area contributed by atoms with E-state index >= 15 is 0 Å². The molecule has 1 unspecified atom stereocenters. The van der Waals surface area contributed by atoms with E-state index in [1.807, 2.05) is 11.9 Å². The first-order valence-corrected chi connectivity index (χ1v) is 14.0. The minimum absolute atomic E-state index is 0.164. The zero-order valence-corrected chi connectivity index (χ0v) is 22.5. The van der Waals surface area contributed by atoms with Crippen LogP contribution >= 0.6 is 23.4 Å². The summed E-state index contributed by atoms with van der Waals surface area (Å²) in [5.41, 5.74) is -2.03. The number of hydrogen-bond donors (Lipinski definition) is 1. The standard InChI is InChI=1S/C25H21ClF6N2O3S2/c1-34-10-9-17(14-34)37-22-12-16(5-7-20(22)25(30,31)32)33-39(35,36)23-8-6-19(13-21(23)26)38-18-4-2-3-15(11-18)24(27,28)29/h2-8,11-13,17,33H,9-10,14H2,1H3. The monoisotopic (exact) mass is 610 g/mol. The van der Waals surface area contributed by atoms with Gasteiger partial charge < -0.3 is 9.64 Å². The number of nitrogens with zero attached hydrogens (tertiary/aromatic N) is 1. The largest absolute Gasteiger partial charge is 0.488 e. The minimum atomic E-state index is -4.71. The summed E-state index contributed by atoms with van der Waals surface area (Å²) in [6, 6.07) is 11.1. The molecule has 0 aliphatic carbocycles. The van der Waals surface area contributed by atoms with Gasteiger partial charge in [-0.3, -0.25) is 4.72 Å². The van der Waals surface area contributed by atoms with Crippen molar-refractivity contribution >= 4 is 39.1 Å². The Hall–Kier alpha value is -2.61.